The highest BCUT2D eigenvalue weighted by Crippen LogP contribution is 2.26. The number of carbonyl (C=O) groups excluding carboxylic acids is 1. The molecule has 104 valence electrons. The second kappa shape index (κ2) is 5.67. The van der Waals surface area contributed by atoms with Gasteiger partial charge in [0, 0.05) is 5.39 Å². The van der Waals surface area contributed by atoms with Crippen molar-refractivity contribution in [2.75, 3.05) is 0 Å². The highest BCUT2D eigenvalue weighted by molar-refractivity contribution is 5.89. The molecule has 0 saturated carbocycles. The van der Waals surface area contributed by atoms with Gasteiger partial charge in [-0.1, -0.05) is 54.6 Å². The predicted molar refractivity (Wildman–Crippen MR) is 81.8 cm³/mol. The van der Waals surface area contributed by atoms with E-state index in [1.165, 1.54) is 0 Å². The Morgan fingerprint density at radius 1 is 0.762 bits per heavy atom. The van der Waals surface area contributed by atoms with Crippen molar-refractivity contribution in [1.29, 1.82) is 0 Å². The minimum Gasteiger partial charge on any atom is -0.394 e. The number of ether oxygens (including phenoxy) is 2. The van der Waals surface area contributed by atoms with Gasteiger partial charge in [0.2, 0.25) is 0 Å². The Balaban J connectivity index is 1.82. The van der Waals surface area contributed by atoms with Crippen molar-refractivity contribution in [2.45, 2.75) is 6.92 Å². The Kier molecular flexibility index (Phi) is 3.56. The van der Waals surface area contributed by atoms with Crippen LogP contribution in [0.25, 0.3) is 10.8 Å². The molecule has 3 aromatic carbocycles. The lowest BCUT2D eigenvalue weighted by molar-refractivity contribution is 0.152. The molecule has 0 fully saturated rings. The molecule has 0 aromatic heterocycles. The van der Waals surface area contributed by atoms with Crippen molar-refractivity contribution >= 4 is 16.9 Å². The average molecular weight is 278 g/mol. The molecule has 0 N–H and O–H groups in total. The van der Waals surface area contributed by atoms with Crippen LogP contribution in [0.2, 0.25) is 0 Å². The SMILES string of the molecule is Cc1ccccc1OC(=O)Oc1cccc2ccccc12. The zero-order valence-electron chi connectivity index (χ0n) is 11.6. The molecule has 0 aliphatic heterocycles. The zero-order chi connectivity index (χ0) is 14.7. The molecule has 0 aliphatic carbocycles. The number of para-hydroxylation sites is 1. The molecule has 0 radical (unpaired) electrons. The van der Waals surface area contributed by atoms with Gasteiger partial charge in [0.05, 0.1) is 0 Å². The fourth-order valence-corrected chi connectivity index (χ4v) is 2.16. The Hall–Kier alpha value is -2.81. The molecule has 3 nitrogen and oxygen atoms in total. The number of hydrogen-bond acceptors (Lipinski definition) is 3. The molecule has 0 unspecified atom stereocenters. The fourth-order valence-electron chi connectivity index (χ4n) is 2.16. The van der Waals surface area contributed by atoms with Crippen molar-refractivity contribution in [3.05, 3.63) is 72.3 Å². The molecular weight excluding hydrogens is 264 g/mol. The van der Waals surface area contributed by atoms with Crippen LogP contribution in [0.4, 0.5) is 4.79 Å². The number of aryl methyl sites for hydroxylation is 1. The lowest BCUT2D eigenvalue weighted by Gasteiger charge is -2.09. The van der Waals surface area contributed by atoms with Crippen LogP contribution in [0.15, 0.2) is 66.7 Å². The van der Waals surface area contributed by atoms with E-state index >= 15 is 0 Å². The van der Waals surface area contributed by atoms with Crippen molar-refractivity contribution in [3.63, 3.8) is 0 Å². The van der Waals surface area contributed by atoms with E-state index in [0.29, 0.717) is 11.5 Å². The van der Waals surface area contributed by atoms with E-state index in [9.17, 15) is 4.79 Å². The van der Waals surface area contributed by atoms with E-state index in [2.05, 4.69) is 0 Å². The van der Waals surface area contributed by atoms with Crippen molar-refractivity contribution in [3.8, 4) is 11.5 Å². The van der Waals surface area contributed by atoms with Gasteiger partial charge >= 0.3 is 6.16 Å². The second-order valence-corrected chi connectivity index (χ2v) is 4.70. The van der Waals surface area contributed by atoms with E-state index in [0.717, 1.165) is 16.3 Å². The van der Waals surface area contributed by atoms with E-state index in [-0.39, 0.29) is 0 Å². The number of carbonyl (C=O) groups is 1. The van der Waals surface area contributed by atoms with Crippen LogP contribution in [0.3, 0.4) is 0 Å². The third kappa shape index (κ3) is 2.87. The maximum atomic E-state index is 11.9. The second-order valence-electron chi connectivity index (χ2n) is 4.70. The zero-order valence-corrected chi connectivity index (χ0v) is 11.6. The number of fused-ring (bicyclic) bond motifs is 1. The number of benzene rings is 3. The largest absolute Gasteiger partial charge is 0.519 e. The van der Waals surface area contributed by atoms with Gasteiger partial charge in [-0.3, -0.25) is 0 Å². The summed E-state index contributed by atoms with van der Waals surface area (Å²) < 4.78 is 10.6. The molecule has 21 heavy (non-hydrogen) atoms. The molecule has 0 spiro atoms. The average Bonchev–Trinajstić information content (AvgIpc) is 2.50. The molecule has 0 saturated heterocycles. The third-order valence-electron chi connectivity index (χ3n) is 3.23. The van der Waals surface area contributed by atoms with E-state index in [1.54, 1.807) is 12.1 Å². The summed E-state index contributed by atoms with van der Waals surface area (Å²) in [6.45, 7) is 1.88. The van der Waals surface area contributed by atoms with E-state index in [1.807, 2.05) is 61.5 Å². The van der Waals surface area contributed by atoms with Crippen LogP contribution in [-0.2, 0) is 0 Å². The van der Waals surface area contributed by atoms with Crippen molar-refractivity contribution in [1.82, 2.24) is 0 Å². The van der Waals surface area contributed by atoms with E-state index in [4.69, 9.17) is 9.47 Å². The monoisotopic (exact) mass is 278 g/mol. The molecule has 3 rings (SSSR count). The lowest BCUT2D eigenvalue weighted by atomic mass is 10.1. The summed E-state index contributed by atoms with van der Waals surface area (Å²) in [6.07, 6.45) is -0.736. The van der Waals surface area contributed by atoms with Crippen LogP contribution >= 0.6 is 0 Å². The number of rotatable bonds is 2. The van der Waals surface area contributed by atoms with E-state index < -0.39 is 6.16 Å². The summed E-state index contributed by atoms with van der Waals surface area (Å²) in [5.41, 5.74) is 0.882. The van der Waals surface area contributed by atoms with Gasteiger partial charge in [0.1, 0.15) is 11.5 Å². The third-order valence-corrected chi connectivity index (χ3v) is 3.23. The topological polar surface area (TPSA) is 35.5 Å². The highest BCUT2D eigenvalue weighted by Gasteiger charge is 2.11. The maximum absolute atomic E-state index is 11.9. The first-order valence-corrected chi connectivity index (χ1v) is 6.67. The van der Waals surface area contributed by atoms with Gasteiger partial charge in [-0.05, 0) is 30.0 Å². The first-order valence-electron chi connectivity index (χ1n) is 6.67. The lowest BCUT2D eigenvalue weighted by Crippen LogP contribution is -2.14. The summed E-state index contributed by atoms with van der Waals surface area (Å²) in [4.78, 5) is 11.9. The Morgan fingerprint density at radius 3 is 2.24 bits per heavy atom. The van der Waals surface area contributed by atoms with Crippen molar-refractivity contribution < 1.29 is 14.3 Å². The van der Waals surface area contributed by atoms with Crippen molar-refractivity contribution in [2.24, 2.45) is 0 Å². The quantitative estimate of drug-likeness (QED) is 0.502. The summed E-state index contributed by atoms with van der Waals surface area (Å²) in [6, 6.07) is 20.6. The van der Waals surface area contributed by atoms with Gasteiger partial charge in [-0.2, -0.15) is 0 Å². The maximum Gasteiger partial charge on any atom is 0.519 e. The van der Waals surface area contributed by atoms with Crippen LogP contribution in [0.5, 0.6) is 11.5 Å². The van der Waals surface area contributed by atoms with Gasteiger partial charge < -0.3 is 9.47 Å². The molecule has 0 bridgehead atoms. The number of hydrogen-bond donors (Lipinski definition) is 0. The first kappa shape index (κ1) is 13.2. The fraction of sp³-hybridized carbons (Fsp3) is 0.0556. The smallest absolute Gasteiger partial charge is 0.394 e. The Labute approximate surface area is 122 Å². The normalized spacial score (nSPS) is 10.3. The summed E-state index contributed by atoms with van der Waals surface area (Å²) in [5, 5.41) is 1.89. The first-order chi connectivity index (χ1) is 10.2. The molecule has 0 aliphatic rings. The van der Waals surface area contributed by atoms with Crippen LogP contribution < -0.4 is 9.47 Å². The molecular formula is C18H14O3. The van der Waals surface area contributed by atoms with Gasteiger partial charge in [-0.15, -0.1) is 0 Å². The summed E-state index contributed by atoms with van der Waals surface area (Å²) in [7, 11) is 0. The summed E-state index contributed by atoms with van der Waals surface area (Å²) >= 11 is 0. The van der Waals surface area contributed by atoms with Gasteiger partial charge in [0.15, 0.2) is 0 Å². The molecule has 3 aromatic rings. The predicted octanol–water partition coefficient (Wildman–Crippen LogP) is 4.73. The van der Waals surface area contributed by atoms with Gasteiger partial charge in [0.25, 0.3) is 0 Å². The minimum atomic E-state index is -0.736. The van der Waals surface area contributed by atoms with Gasteiger partial charge in [-0.25, -0.2) is 4.79 Å². The molecule has 0 heterocycles. The molecule has 0 atom stereocenters. The Bertz CT molecular complexity index is 788. The summed E-state index contributed by atoms with van der Waals surface area (Å²) in [5.74, 6) is 0.995. The minimum absolute atomic E-state index is 0.492. The standard InChI is InChI=1S/C18H14O3/c1-13-7-2-5-11-16(13)20-18(19)21-17-12-6-9-14-8-3-4-10-15(14)17/h2-12H,1H3. The Morgan fingerprint density at radius 2 is 1.38 bits per heavy atom. The van der Waals surface area contributed by atoms with Crippen LogP contribution in [0.1, 0.15) is 5.56 Å². The van der Waals surface area contributed by atoms with Crippen LogP contribution in [0, 0.1) is 6.92 Å². The molecule has 3 heteroatoms. The highest BCUT2D eigenvalue weighted by atomic mass is 16.7. The van der Waals surface area contributed by atoms with Crippen LogP contribution in [-0.4, -0.2) is 6.16 Å². The molecule has 0 amide bonds.